The Labute approximate surface area is 208 Å². The summed E-state index contributed by atoms with van der Waals surface area (Å²) in [6.45, 7) is 2.41. The van der Waals surface area contributed by atoms with Gasteiger partial charge in [0.15, 0.2) is 0 Å². The van der Waals surface area contributed by atoms with Gasteiger partial charge in [0.2, 0.25) is 0 Å². The second-order valence-electron chi connectivity index (χ2n) is 8.26. The van der Waals surface area contributed by atoms with Crippen molar-refractivity contribution < 1.29 is 34.1 Å². The molecule has 2 heterocycles. The number of carboxylic acid groups (broad SMARTS) is 1. The number of furan rings is 1. The highest BCUT2D eigenvalue weighted by Gasteiger charge is 2.48. The first kappa shape index (κ1) is 26.5. The molecule has 35 heavy (non-hydrogen) atoms. The second kappa shape index (κ2) is 12.5. The van der Waals surface area contributed by atoms with Gasteiger partial charge in [-0.25, -0.2) is 0 Å². The van der Waals surface area contributed by atoms with Gasteiger partial charge < -0.3 is 24.5 Å². The summed E-state index contributed by atoms with van der Waals surface area (Å²) in [7, 11) is 0. The summed E-state index contributed by atoms with van der Waals surface area (Å²) >= 11 is 1.33. The maximum atomic E-state index is 13.4. The summed E-state index contributed by atoms with van der Waals surface area (Å²) in [5.41, 5.74) is 1.45. The SMILES string of the molecule is CCCCCCOc1cscc1C(O)(O)N(C(=O)c1ccc(-c2ccco2)cc1)C1CC1.O=CO. The van der Waals surface area contributed by atoms with Gasteiger partial charge in [0.05, 0.1) is 18.4 Å². The van der Waals surface area contributed by atoms with Gasteiger partial charge in [0.25, 0.3) is 18.3 Å². The molecule has 0 spiro atoms. The Morgan fingerprint density at radius 2 is 1.89 bits per heavy atom. The van der Waals surface area contributed by atoms with E-state index in [2.05, 4.69) is 6.92 Å². The van der Waals surface area contributed by atoms with Crippen LogP contribution in [-0.4, -0.2) is 45.2 Å². The van der Waals surface area contributed by atoms with Crippen molar-refractivity contribution in [3.8, 4) is 17.1 Å². The Hall–Kier alpha value is -3.14. The maximum Gasteiger partial charge on any atom is 0.290 e. The van der Waals surface area contributed by atoms with E-state index in [0.717, 1.165) is 44.1 Å². The van der Waals surface area contributed by atoms with E-state index in [1.165, 1.54) is 16.2 Å². The molecule has 2 aromatic heterocycles. The van der Waals surface area contributed by atoms with Crippen LogP contribution in [0.3, 0.4) is 0 Å². The second-order valence-corrected chi connectivity index (χ2v) is 9.00. The zero-order valence-corrected chi connectivity index (χ0v) is 20.4. The number of carbonyl (C=O) groups is 2. The molecule has 0 atom stereocenters. The number of unbranched alkanes of at least 4 members (excludes halogenated alkanes) is 3. The highest BCUT2D eigenvalue weighted by atomic mass is 32.1. The molecule has 0 bridgehead atoms. The van der Waals surface area contributed by atoms with Crippen molar-refractivity contribution in [1.29, 1.82) is 0 Å². The Morgan fingerprint density at radius 1 is 1.17 bits per heavy atom. The average molecular weight is 502 g/mol. The first-order chi connectivity index (χ1) is 16.9. The quantitative estimate of drug-likeness (QED) is 0.191. The average Bonchev–Trinajstić information content (AvgIpc) is 3.31. The normalized spacial score (nSPS) is 13.0. The van der Waals surface area contributed by atoms with Gasteiger partial charge in [-0.15, -0.1) is 11.3 Å². The Balaban J connectivity index is 0.00000108. The minimum Gasteiger partial charge on any atom is -0.492 e. The van der Waals surface area contributed by atoms with Gasteiger partial charge in [-0.05, 0) is 43.5 Å². The van der Waals surface area contributed by atoms with Gasteiger partial charge in [0.1, 0.15) is 11.5 Å². The van der Waals surface area contributed by atoms with Crippen molar-refractivity contribution in [3.63, 3.8) is 0 Å². The van der Waals surface area contributed by atoms with Crippen LogP contribution >= 0.6 is 11.3 Å². The van der Waals surface area contributed by atoms with E-state index in [1.807, 2.05) is 6.07 Å². The van der Waals surface area contributed by atoms with E-state index < -0.39 is 11.8 Å². The van der Waals surface area contributed by atoms with E-state index in [4.69, 9.17) is 19.1 Å². The number of hydrogen-bond donors (Lipinski definition) is 3. The van der Waals surface area contributed by atoms with Gasteiger partial charge in [-0.1, -0.05) is 38.3 Å². The van der Waals surface area contributed by atoms with Gasteiger partial charge in [0, 0.05) is 27.9 Å². The van der Waals surface area contributed by atoms with Crippen LogP contribution in [0.1, 0.15) is 61.4 Å². The maximum absolute atomic E-state index is 13.4. The fraction of sp³-hybridized carbons (Fsp3) is 0.385. The molecular weight excluding hydrogens is 470 g/mol. The van der Waals surface area contributed by atoms with Crippen LogP contribution in [0, 0.1) is 0 Å². The molecule has 188 valence electrons. The lowest BCUT2D eigenvalue weighted by atomic mass is 10.1. The summed E-state index contributed by atoms with van der Waals surface area (Å²) < 4.78 is 11.2. The van der Waals surface area contributed by atoms with Gasteiger partial charge in [-0.3, -0.25) is 14.5 Å². The number of amides is 1. The number of hydrogen-bond acceptors (Lipinski definition) is 7. The van der Waals surface area contributed by atoms with Crippen LogP contribution < -0.4 is 4.74 Å². The van der Waals surface area contributed by atoms with Crippen LogP contribution in [0.5, 0.6) is 5.75 Å². The molecule has 0 unspecified atom stereocenters. The summed E-state index contributed by atoms with van der Waals surface area (Å²) in [6.07, 6.45) is 7.32. The molecule has 1 fully saturated rings. The summed E-state index contributed by atoms with van der Waals surface area (Å²) in [4.78, 5) is 22.9. The Kier molecular flexibility index (Phi) is 9.47. The summed E-state index contributed by atoms with van der Waals surface area (Å²) in [5.74, 6) is -1.75. The predicted molar refractivity (Wildman–Crippen MR) is 132 cm³/mol. The first-order valence-electron chi connectivity index (χ1n) is 11.6. The van der Waals surface area contributed by atoms with Crippen LogP contribution in [0.25, 0.3) is 11.3 Å². The monoisotopic (exact) mass is 501 g/mol. The molecule has 1 aliphatic carbocycles. The van der Waals surface area contributed by atoms with Crippen molar-refractivity contribution >= 4 is 23.7 Å². The molecule has 9 heteroatoms. The molecule has 3 aromatic rings. The third-order valence-electron chi connectivity index (χ3n) is 5.65. The standard InChI is InChI=1S/C25H29NO5S.CH2O2/c1-2-3-4-5-14-31-23-17-32-16-21(23)25(28,29)26(20-12-13-20)24(27)19-10-8-18(9-11-19)22-7-6-15-30-22;2-1-3/h6-11,15-17,20,28-29H,2-5,12-14H2,1H3;1H,(H,2,3). The van der Waals surface area contributed by atoms with Crippen LogP contribution in [0.2, 0.25) is 0 Å². The molecule has 3 N–H and O–H groups in total. The zero-order chi connectivity index (χ0) is 25.3. The van der Waals surface area contributed by atoms with Crippen molar-refractivity contribution in [2.75, 3.05) is 6.61 Å². The Bertz CT molecular complexity index is 1060. The summed E-state index contributed by atoms with van der Waals surface area (Å²) in [5, 5.41) is 32.6. The topological polar surface area (TPSA) is 120 Å². The fourth-order valence-corrected chi connectivity index (χ4v) is 4.53. The molecule has 8 nitrogen and oxygen atoms in total. The van der Waals surface area contributed by atoms with Crippen molar-refractivity contribution in [2.24, 2.45) is 0 Å². The largest absolute Gasteiger partial charge is 0.492 e. The zero-order valence-electron chi connectivity index (χ0n) is 19.6. The molecule has 1 aliphatic rings. The number of rotatable bonds is 11. The van der Waals surface area contributed by atoms with E-state index in [-0.39, 0.29) is 18.1 Å². The molecule has 1 amide bonds. The van der Waals surface area contributed by atoms with E-state index in [9.17, 15) is 15.0 Å². The third kappa shape index (κ3) is 6.72. The molecule has 0 saturated heterocycles. The lowest BCUT2D eigenvalue weighted by Crippen LogP contribution is -2.51. The highest BCUT2D eigenvalue weighted by Crippen LogP contribution is 2.41. The molecular formula is C26H31NO7S. The van der Waals surface area contributed by atoms with E-state index in [1.54, 1.807) is 47.4 Å². The number of aliphatic hydroxyl groups is 2. The molecule has 0 radical (unpaired) electrons. The van der Waals surface area contributed by atoms with Crippen molar-refractivity contribution in [1.82, 2.24) is 4.90 Å². The van der Waals surface area contributed by atoms with Crippen LogP contribution in [0.4, 0.5) is 0 Å². The van der Waals surface area contributed by atoms with Crippen LogP contribution in [0.15, 0.2) is 57.8 Å². The number of benzene rings is 1. The molecule has 4 rings (SSSR count). The summed E-state index contributed by atoms with van der Waals surface area (Å²) in [6, 6.07) is 10.4. The van der Waals surface area contributed by atoms with Crippen LogP contribution in [-0.2, 0) is 10.7 Å². The minimum absolute atomic E-state index is 0.213. The first-order valence-corrected chi connectivity index (χ1v) is 12.6. The van der Waals surface area contributed by atoms with Gasteiger partial charge >= 0.3 is 0 Å². The highest BCUT2D eigenvalue weighted by molar-refractivity contribution is 7.08. The van der Waals surface area contributed by atoms with Crippen molar-refractivity contribution in [3.05, 3.63) is 64.5 Å². The predicted octanol–water partition coefficient (Wildman–Crippen LogP) is 5.07. The lowest BCUT2D eigenvalue weighted by molar-refractivity contribution is -0.259. The fourth-order valence-electron chi connectivity index (χ4n) is 3.74. The lowest BCUT2D eigenvalue weighted by Gasteiger charge is -2.35. The number of nitrogens with zero attached hydrogens (tertiary/aromatic N) is 1. The number of ether oxygens (including phenoxy) is 1. The number of thiophene rings is 1. The smallest absolute Gasteiger partial charge is 0.290 e. The Morgan fingerprint density at radius 3 is 2.49 bits per heavy atom. The molecule has 1 aromatic carbocycles. The minimum atomic E-state index is -2.45. The van der Waals surface area contributed by atoms with Crippen molar-refractivity contribution in [2.45, 2.75) is 57.4 Å². The molecule has 0 aliphatic heterocycles. The molecule has 1 saturated carbocycles. The van der Waals surface area contributed by atoms with E-state index >= 15 is 0 Å². The number of carbonyl (C=O) groups excluding carboxylic acids is 1. The van der Waals surface area contributed by atoms with E-state index in [0.29, 0.717) is 23.7 Å². The van der Waals surface area contributed by atoms with Gasteiger partial charge in [-0.2, -0.15) is 0 Å². The third-order valence-corrected chi connectivity index (χ3v) is 6.37.